The number of rotatable bonds is 14. The van der Waals surface area contributed by atoms with E-state index in [1.54, 1.807) is 48.7 Å². The van der Waals surface area contributed by atoms with Gasteiger partial charge in [0.25, 0.3) is 11.8 Å². The smallest absolute Gasteiger partial charge is 0.335 e. The Hall–Kier alpha value is -5.33. The molecule has 2 aliphatic rings. The molecule has 11 nitrogen and oxygen atoms in total. The van der Waals surface area contributed by atoms with Gasteiger partial charge in [-0.1, -0.05) is 37.3 Å². The van der Waals surface area contributed by atoms with Gasteiger partial charge >= 0.3 is 11.9 Å². The number of carbonyl (C=O) groups excluding carboxylic acids is 2. The number of hydrogen-bond acceptors (Lipinski definition) is 6. The first-order chi connectivity index (χ1) is 26.4. The van der Waals surface area contributed by atoms with Gasteiger partial charge in [0.05, 0.1) is 22.7 Å². The van der Waals surface area contributed by atoms with Crippen LogP contribution in [0.15, 0.2) is 95.9 Å². The number of aliphatic carboxylic acids is 1. The first-order valence-corrected chi connectivity index (χ1v) is 21.1. The summed E-state index contributed by atoms with van der Waals surface area (Å²) >= 11 is 0. The number of aryl methyl sites for hydroxylation is 2. The molecule has 1 saturated carbocycles. The number of aromatic carboxylic acids is 1. The highest BCUT2D eigenvalue weighted by Crippen LogP contribution is 2.34. The Labute approximate surface area is 323 Å². The third kappa shape index (κ3) is 9.49. The zero-order valence-corrected chi connectivity index (χ0v) is 32.3. The van der Waals surface area contributed by atoms with Gasteiger partial charge in [0.15, 0.2) is 0 Å². The molecule has 0 radical (unpaired) electrons. The number of benzene rings is 4. The van der Waals surface area contributed by atoms with E-state index < -0.39 is 28.0 Å². The molecule has 1 heterocycles. The van der Waals surface area contributed by atoms with Crippen LogP contribution in [0.1, 0.15) is 87.6 Å². The molecule has 0 atom stereocenters. The number of carboxylic acid groups (broad SMARTS) is 2. The molecule has 0 bridgehead atoms. The fourth-order valence-electron chi connectivity index (χ4n) is 7.77. The van der Waals surface area contributed by atoms with E-state index in [1.807, 2.05) is 59.8 Å². The summed E-state index contributed by atoms with van der Waals surface area (Å²) in [5, 5.41) is 24.5. The number of carbonyl (C=O) groups is 4. The predicted molar refractivity (Wildman–Crippen MR) is 217 cm³/mol. The van der Waals surface area contributed by atoms with Gasteiger partial charge in [0.1, 0.15) is 0 Å². The maximum Gasteiger partial charge on any atom is 0.335 e. The third-order valence-corrected chi connectivity index (χ3v) is 13.8. The Morgan fingerprint density at radius 1 is 0.764 bits per heavy atom. The lowest BCUT2D eigenvalue weighted by Crippen LogP contribution is -2.46. The maximum absolute atomic E-state index is 14.4. The Morgan fingerprint density at radius 3 is 2.00 bits per heavy atom. The molecule has 290 valence electrons. The van der Waals surface area contributed by atoms with E-state index in [-0.39, 0.29) is 23.4 Å². The first kappa shape index (κ1) is 39.4. The number of amides is 2. The molecule has 4 aromatic rings. The van der Waals surface area contributed by atoms with Crippen molar-refractivity contribution in [1.82, 2.24) is 4.31 Å². The lowest BCUT2D eigenvalue weighted by molar-refractivity contribution is -0.143. The number of anilines is 3. The van der Waals surface area contributed by atoms with Crippen molar-refractivity contribution in [2.45, 2.75) is 69.2 Å². The number of nitrogens with zero attached hydrogens (tertiary/aromatic N) is 2. The van der Waals surface area contributed by atoms with Crippen LogP contribution in [0.25, 0.3) is 0 Å². The van der Waals surface area contributed by atoms with Gasteiger partial charge in [-0.3, -0.25) is 18.6 Å². The summed E-state index contributed by atoms with van der Waals surface area (Å²) in [5.41, 5.74) is 4.84. The predicted octanol–water partition coefficient (Wildman–Crippen LogP) is 7.16. The van der Waals surface area contributed by atoms with Gasteiger partial charge in [-0.25, -0.2) is 9.10 Å². The summed E-state index contributed by atoms with van der Waals surface area (Å²) in [4.78, 5) is 53.1. The van der Waals surface area contributed by atoms with Crippen LogP contribution in [0, 0.1) is 5.92 Å². The molecule has 2 amide bonds. The largest absolute Gasteiger partial charge is 0.481 e. The molecule has 12 heteroatoms. The molecule has 1 saturated heterocycles. The molecule has 0 unspecified atom stereocenters. The van der Waals surface area contributed by atoms with E-state index in [1.165, 1.54) is 0 Å². The molecule has 4 N–H and O–H groups in total. The van der Waals surface area contributed by atoms with Gasteiger partial charge in [-0.15, -0.1) is 0 Å². The summed E-state index contributed by atoms with van der Waals surface area (Å²) in [6, 6.07) is 26.7. The van der Waals surface area contributed by atoms with E-state index in [9.17, 15) is 28.5 Å². The van der Waals surface area contributed by atoms with E-state index in [4.69, 9.17) is 5.11 Å². The lowest BCUT2D eigenvalue weighted by atomic mass is 9.86. The van der Waals surface area contributed by atoms with E-state index in [2.05, 4.69) is 15.5 Å². The van der Waals surface area contributed by atoms with Crippen molar-refractivity contribution in [2.24, 2.45) is 5.92 Å². The quantitative estimate of drug-likeness (QED) is 0.0847. The average Bonchev–Trinajstić information content (AvgIpc) is 3.74. The summed E-state index contributed by atoms with van der Waals surface area (Å²) in [6.07, 6.45) is 7.72. The zero-order valence-electron chi connectivity index (χ0n) is 31.4. The van der Waals surface area contributed by atoms with Crippen LogP contribution in [0.5, 0.6) is 0 Å². The first-order valence-electron chi connectivity index (χ1n) is 19.0. The molecule has 4 aromatic carbocycles. The van der Waals surface area contributed by atoms with Crippen LogP contribution < -0.4 is 15.5 Å². The van der Waals surface area contributed by atoms with Crippen LogP contribution in [0.2, 0.25) is 0 Å². The summed E-state index contributed by atoms with van der Waals surface area (Å²) in [6.45, 7) is 4.26. The number of hydrogen-bond donors (Lipinski definition) is 5. The van der Waals surface area contributed by atoms with Crippen molar-refractivity contribution in [3.05, 3.63) is 119 Å². The number of carboxylic acids is 2. The minimum Gasteiger partial charge on any atom is -0.481 e. The highest BCUT2D eigenvalue weighted by Gasteiger charge is 2.33. The van der Waals surface area contributed by atoms with Crippen molar-refractivity contribution in [2.75, 3.05) is 41.4 Å². The number of nitrogens with one attached hydrogen (secondary N) is 2. The second kappa shape index (κ2) is 17.4. The van der Waals surface area contributed by atoms with Crippen LogP contribution >= 0.6 is 0 Å². The van der Waals surface area contributed by atoms with Gasteiger partial charge in [-0.05, 0) is 133 Å². The molecule has 0 aromatic heterocycles. The SMILES string of the molecule is CCN(C1CCC(C(=O)O)CC1)[SH](C)(=O)c1cccc(C(=O)Nc2ccc(N3CCCC3)cc2C(=O)Nc2ccc(CCc3ccc(C(=O)O)cc3)cc2)c1. The maximum atomic E-state index is 14.4. The van der Waals surface area contributed by atoms with Crippen molar-refractivity contribution >= 4 is 50.9 Å². The molecular formula is C43H50N4O7S. The Morgan fingerprint density at radius 2 is 1.40 bits per heavy atom. The van der Waals surface area contributed by atoms with Crippen LogP contribution in [-0.2, 0) is 27.8 Å². The van der Waals surface area contributed by atoms with Crippen molar-refractivity contribution < 1.29 is 33.6 Å². The average molecular weight is 767 g/mol. The Bertz CT molecular complexity index is 2070. The zero-order chi connectivity index (χ0) is 39.1. The second-order valence-electron chi connectivity index (χ2n) is 14.6. The standard InChI is InChI=1S/C43H50N4O7S/c1-3-47(35-21-17-32(18-22-35)43(52)53)55(2,54)37-8-6-7-33(27-37)40(48)45-39-24-23-36(46-25-4-5-26-46)28-38(39)41(49)44-34-19-13-30(14-20-34)10-9-29-11-15-31(16-12-29)42(50)51/h6-8,11-16,19-20,23-24,27-28,32,35,55H,3-5,9-10,17-18,21-22,25-26H2,1-2H3,(H,44,49)(H,45,48)(H,50,51)(H,52,53). The van der Waals surface area contributed by atoms with Crippen molar-refractivity contribution in [1.29, 1.82) is 0 Å². The summed E-state index contributed by atoms with van der Waals surface area (Å²) in [7, 11) is -3.11. The van der Waals surface area contributed by atoms with Crippen LogP contribution in [0.4, 0.5) is 17.1 Å². The van der Waals surface area contributed by atoms with E-state index >= 15 is 0 Å². The highest BCUT2D eigenvalue weighted by molar-refractivity contribution is 8.00. The molecule has 2 fully saturated rings. The highest BCUT2D eigenvalue weighted by atomic mass is 32.3. The minimum absolute atomic E-state index is 0.00899. The van der Waals surface area contributed by atoms with Crippen molar-refractivity contribution in [3.63, 3.8) is 0 Å². The fourth-order valence-corrected chi connectivity index (χ4v) is 10.2. The fraction of sp³-hybridized carbons (Fsp3) is 0.349. The van der Waals surface area contributed by atoms with Crippen molar-refractivity contribution in [3.8, 4) is 0 Å². The Kier molecular flexibility index (Phi) is 12.5. The molecular weight excluding hydrogens is 717 g/mol. The van der Waals surface area contributed by atoms with Crippen LogP contribution in [0.3, 0.4) is 0 Å². The van der Waals surface area contributed by atoms with Gasteiger partial charge < -0.3 is 25.7 Å². The van der Waals surface area contributed by atoms with Gasteiger partial charge in [-0.2, -0.15) is 0 Å². The molecule has 0 spiro atoms. The normalized spacial score (nSPS) is 17.5. The third-order valence-electron chi connectivity index (χ3n) is 11.0. The molecule has 6 rings (SSSR count). The van der Waals surface area contributed by atoms with Gasteiger partial charge in [0.2, 0.25) is 0 Å². The topological polar surface area (TPSA) is 156 Å². The van der Waals surface area contributed by atoms with E-state index in [0.29, 0.717) is 59.6 Å². The Balaban J connectivity index is 1.16. The molecule has 55 heavy (non-hydrogen) atoms. The monoisotopic (exact) mass is 766 g/mol. The molecule has 1 aliphatic heterocycles. The number of thiol groups is 1. The summed E-state index contributed by atoms with van der Waals surface area (Å²) < 4.78 is 16.4. The molecule has 1 aliphatic carbocycles. The minimum atomic E-state index is -3.11. The van der Waals surface area contributed by atoms with E-state index in [0.717, 1.165) is 55.6 Å². The van der Waals surface area contributed by atoms with Crippen LogP contribution in [-0.4, -0.2) is 74.4 Å². The lowest BCUT2D eigenvalue weighted by Gasteiger charge is -2.41. The second-order valence-corrected chi connectivity index (χ2v) is 17.3. The van der Waals surface area contributed by atoms with Gasteiger partial charge in [0, 0.05) is 53.8 Å². The summed E-state index contributed by atoms with van der Waals surface area (Å²) in [5.74, 6) is -2.91.